The van der Waals surface area contributed by atoms with Gasteiger partial charge in [-0.3, -0.25) is 9.59 Å². The highest BCUT2D eigenvalue weighted by atomic mass is 32.1. The zero-order valence-corrected chi connectivity index (χ0v) is 18.4. The predicted octanol–water partition coefficient (Wildman–Crippen LogP) is 4.05. The quantitative estimate of drug-likeness (QED) is 0.571. The molecule has 1 heterocycles. The predicted molar refractivity (Wildman–Crippen MR) is 122 cm³/mol. The van der Waals surface area contributed by atoms with Gasteiger partial charge in [0.05, 0.1) is 47.3 Å². The molecular formula is C24H21N5O2S. The number of hydrogen-bond donors (Lipinski definition) is 2. The molecule has 0 radical (unpaired) electrons. The van der Waals surface area contributed by atoms with Crippen molar-refractivity contribution >= 4 is 28.3 Å². The van der Waals surface area contributed by atoms with E-state index in [9.17, 15) is 9.59 Å². The summed E-state index contributed by atoms with van der Waals surface area (Å²) < 4.78 is 0. The zero-order valence-electron chi connectivity index (χ0n) is 17.6. The summed E-state index contributed by atoms with van der Waals surface area (Å²) in [7, 11) is 0. The van der Waals surface area contributed by atoms with E-state index >= 15 is 0 Å². The van der Waals surface area contributed by atoms with Crippen LogP contribution in [-0.4, -0.2) is 16.8 Å². The lowest BCUT2D eigenvalue weighted by Gasteiger charge is -2.12. The Morgan fingerprint density at radius 2 is 1.53 bits per heavy atom. The van der Waals surface area contributed by atoms with Gasteiger partial charge in [-0.15, -0.1) is 11.3 Å². The maximum atomic E-state index is 12.6. The second-order valence-electron chi connectivity index (χ2n) is 7.27. The molecule has 0 bridgehead atoms. The molecule has 2 amide bonds. The second-order valence-corrected chi connectivity index (χ2v) is 8.13. The van der Waals surface area contributed by atoms with Crippen LogP contribution in [0.2, 0.25) is 0 Å². The monoisotopic (exact) mass is 443 g/mol. The van der Waals surface area contributed by atoms with Gasteiger partial charge in [0.1, 0.15) is 0 Å². The van der Waals surface area contributed by atoms with Crippen molar-refractivity contribution in [3.8, 4) is 12.1 Å². The van der Waals surface area contributed by atoms with Crippen LogP contribution >= 0.6 is 11.3 Å². The Balaban J connectivity index is 1.56. The van der Waals surface area contributed by atoms with Crippen LogP contribution in [0.15, 0.2) is 53.9 Å². The molecule has 2 unspecified atom stereocenters. The minimum absolute atomic E-state index is 0.176. The van der Waals surface area contributed by atoms with Gasteiger partial charge in [0.15, 0.2) is 5.13 Å². The molecule has 3 aromatic rings. The Kier molecular flexibility index (Phi) is 7.33. The van der Waals surface area contributed by atoms with Crippen LogP contribution < -0.4 is 10.6 Å². The highest BCUT2D eigenvalue weighted by Crippen LogP contribution is 2.22. The Hall–Kier alpha value is -4.01. The summed E-state index contributed by atoms with van der Waals surface area (Å²) >= 11 is 1.28. The second kappa shape index (κ2) is 10.3. The molecule has 0 fully saturated rings. The summed E-state index contributed by atoms with van der Waals surface area (Å²) in [6.45, 7) is 3.78. The molecule has 0 aliphatic rings. The lowest BCUT2D eigenvalue weighted by molar-refractivity contribution is -0.122. The van der Waals surface area contributed by atoms with E-state index in [2.05, 4.69) is 27.8 Å². The van der Waals surface area contributed by atoms with Gasteiger partial charge in [0, 0.05) is 5.38 Å². The molecule has 0 saturated carbocycles. The first-order chi connectivity index (χ1) is 15.4. The maximum Gasteiger partial charge on any atom is 0.233 e. The number of rotatable bonds is 7. The smallest absolute Gasteiger partial charge is 0.233 e. The summed E-state index contributed by atoms with van der Waals surface area (Å²) in [4.78, 5) is 29.4. The molecule has 2 atom stereocenters. The van der Waals surface area contributed by atoms with Crippen molar-refractivity contribution in [1.82, 2.24) is 10.3 Å². The molecule has 0 aliphatic carbocycles. The van der Waals surface area contributed by atoms with Gasteiger partial charge in [-0.05, 0) is 49.2 Å². The number of anilines is 1. The van der Waals surface area contributed by atoms with Gasteiger partial charge in [-0.25, -0.2) is 4.98 Å². The number of nitrogens with one attached hydrogen (secondary N) is 2. The Labute approximate surface area is 190 Å². The fourth-order valence-electron chi connectivity index (χ4n) is 3.05. The molecule has 3 rings (SSSR count). The molecule has 7 nitrogen and oxygen atoms in total. The van der Waals surface area contributed by atoms with Crippen molar-refractivity contribution in [3.05, 3.63) is 81.9 Å². The van der Waals surface area contributed by atoms with E-state index in [4.69, 9.17) is 10.5 Å². The van der Waals surface area contributed by atoms with Crippen LogP contribution in [0.3, 0.4) is 0 Å². The topological polar surface area (TPSA) is 119 Å². The third-order valence-electron chi connectivity index (χ3n) is 5.04. The largest absolute Gasteiger partial charge is 0.350 e. The van der Waals surface area contributed by atoms with E-state index in [1.807, 2.05) is 6.07 Å². The van der Waals surface area contributed by atoms with Gasteiger partial charge in [-0.1, -0.05) is 24.3 Å². The van der Waals surface area contributed by atoms with E-state index in [1.54, 1.807) is 61.7 Å². The van der Waals surface area contributed by atoms with Crippen LogP contribution in [0.4, 0.5) is 5.13 Å². The first-order valence-corrected chi connectivity index (χ1v) is 10.8. The third kappa shape index (κ3) is 5.57. The Morgan fingerprint density at radius 3 is 2.09 bits per heavy atom. The first-order valence-electron chi connectivity index (χ1n) is 9.94. The van der Waals surface area contributed by atoms with Crippen molar-refractivity contribution < 1.29 is 9.59 Å². The average Bonchev–Trinajstić information content (AvgIpc) is 3.28. The van der Waals surface area contributed by atoms with Crippen LogP contribution in [-0.2, 0) is 16.1 Å². The number of nitriles is 2. The molecule has 32 heavy (non-hydrogen) atoms. The third-order valence-corrected chi connectivity index (χ3v) is 5.85. The fraction of sp³-hybridized carbons (Fsp3) is 0.208. The van der Waals surface area contributed by atoms with Gasteiger partial charge in [0.25, 0.3) is 0 Å². The number of benzene rings is 2. The van der Waals surface area contributed by atoms with Crippen molar-refractivity contribution in [1.29, 1.82) is 10.5 Å². The average molecular weight is 444 g/mol. The van der Waals surface area contributed by atoms with E-state index in [1.165, 1.54) is 11.3 Å². The molecule has 0 saturated heterocycles. The van der Waals surface area contributed by atoms with Crippen LogP contribution in [0.25, 0.3) is 0 Å². The van der Waals surface area contributed by atoms with Gasteiger partial charge in [0.2, 0.25) is 11.8 Å². The van der Waals surface area contributed by atoms with Crippen molar-refractivity contribution in [2.45, 2.75) is 32.2 Å². The zero-order chi connectivity index (χ0) is 23.1. The Morgan fingerprint density at radius 1 is 0.969 bits per heavy atom. The molecule has 0 spiro atoms. The van der Waals surface area contributed by atoms with Crippen molar-refractivity contribution in [2.75, 3.05) is 5.32 Å². The molecule has 0 aliphatic heterocycles. The van der Waals surface area contributed by atoms with Crippen molar-refractivity contribution in [3.63, 3.8) is 0 Å². The summed E-state index contributed by atoms with van der Waals surface area (Å²) in [6.07, 6.45) is 0. The van der Waals surface area contributed by atoms with E-state index in [0.29, 0.717) is 22.0 Å². The number of thiazole rings is 1. The highest BCUT2D eigenvalue weighted by Gasteiger charge is 2.18. The number of amides is 2. The number of carbonyl (C=O) groups is 2. The molecule has 2 N–H and O–H groups in total. The van der Waals surface area contributed by atoms with Gasteiger partial charge in [-0.2, -0.15) is 10.5 Å². The summed E-state index contributed by atoms with van der Waals surface area (Å²) in [6, 6.07) is 18.1. The van der Waals surface area contributed by atoms with Crippen LogP contribution in [0.5, 0.6) is 0 Å². The normalized spacial score (nSPS) is 12.1. The summed E-state index contributed by atoms with van der Waals surface area (Å²) in [5.74, 6) is -1.26. The highest BCUT2D eigenvalue weighted by molar-refractivity contribution is 7.13. The van der Waals surface area contributed by atoms with Crippen LogP contribution in [0.1, 0.15) is 53.6 Å². The number of hydrogen-bond acceptors (Lipinski definition) is 6. The minimum atomic E-state index is -0.444. The molecule has 160 valence electrons. The lowest BCUT2D eigenvalue weighted by atomic mass is 9.98. The SMILES string of the molecule is CC(C(=O)NCc1csc(NC(=O)C(C)c2cccc(C#N)c2)n1)c1cccc(C#N)c1. The number of aromatic nitrogens is 1. The molecular weight excluding hydrogens is 422 g/mol. The molecule has 8 heteroatoms. The number of carbonyl (C=O) groups excluding carboxylic acids is 2. The van der Waals surface area contributed by atoms with Gasteiger partial charge < -0.3 is 10.6 Å². The number of nitrogens with zero attached hydrogens (tertiary/aromatic N) is 3. The fourth-order valence-corrected chi connectivity index (χ4v) is 3.76. The Bertz CT molecular complexity index is 1220. The van der Waals surface area contributed by atoms with E-state index < -0.39 is 11.8 Å². The van der Waals surface area contributed by atoms with Crippen molar-refractivity contribution in [2.24, 2.45) is 0 Å². The van der Waals surface area contributed by atoms with E-state index in [0.717, 1.165) is 11.1 Å². The summed E-state index contributed by atoms with van der Waals surface area (Å²) in [5.41, 5.74) is 3.16. The molecule has 2 aromatic carbocycles. The lowest BCUT2D eigenvalue weighted by Crippen LogP contribution is -2.27. The summed E-state index contributed by atoms with van der Waals surface area (Å²) in [5, 5.41) is 25.9. The molecule has 1 aromatic heterocycles. The van der Waals surface area contributed by atoms with Gasteiger partial charge >= 0.3 is 0 Å². The van der Waals surface area contributed by atoms with E-state index in [-0.39, 0.29) is 18.4 Å². The maximum absolute atomic E-state index is 12.6. The van der Waals surface area contributed by atoms with Crippen LogP contribution in [0, 0.1) is 22.7 Å². The standard InChI is InChI=1S/C24H21N5O2S/c1-15(19-7-3-5-17(9-19)11-25)22(30)27-13-21-14-32-24(28-21)29-23(31)16(2)20-8-4-6-18(10-20)12-26/h3-10,14-16H,13H2,1-2H3,(H,27,30)(H,28,29,31). The minimum Gasteiger partial charge on any atom is -0.350 e. The first kappa shape index (κ1) is 22.7.